The molecular formula is C19H19FO. The van der Waals surface area contributed by atoms with Crippen molar-refractivity contribution in [3.63, 3.8) is 0 Å². The Hall–Kier alpha value is -1.96. The lowest BCUT2D eigenvalue weighted by Crippen LogP contribution is -2.25. The van der Waals surface area contributed by atoms with E-state index in [2.05, 4.69) is 12.1 Å². The van der Waals surface area contributed by atoms with Crippen LogP contribution < -0.4 is 0 Å². The lowest BCUT2D eigenvalue weighted by atomic mass is 9.76. The maximum absolute atomic E-state index is 13.3. The summed E-state index contributed by atoms with van der Waals surface area (Å²) in [6.45, 7) is 0. The van der Waals surface area contributed by atoms with Crippen molar-refractivity contribution in [2.24, 2.45) is 5.92 Å². The number of hydrogen-bond donors (Lipinski definition) is 0. The lowest BCUT2D eigenvalue weighted by Gasteiger charge is -2.27. The smallest absolute Gasteiger partial charge is 0.136 e. The molecule has 0 aliphatic heterocycles. The van der Waals surface area contributed by atoms with Gasteiger partial charge < -0.3 is 0 Å². The number of benzene rings is 2. The van der Waals surface area contributed by atoms with E-state index >= 15 is 0 Å². The van der Waals surface area contributed by atoms with E-state index in [-0.39, 0.29) is 17.7 Å². The van der Waals surface area contributed by atoms with Gasteiger partial charge in [-0.15, -0.1) is 0 Å². The van der Waals surface area contributed by atoms with Gasteiger partial charge in [-0.1, -0.05) is 42.5 Å². The van der Waals surface area contributed by atoms with E-state index in [0.717, 1.165) is 24.8 Å². The van der Waals surface area contributed by atoms with Crippen LogP contribution >= 0.6 is 0 Å². The largest absolute Gasteiger partial charge is 0.299 e. The Morgan fingerprint density at radius 1 is 1.00 bits per heavy atom. The van der Waals surface area contributed by atoms with Crippen LogP contribution in [0.25, 0.3) is 0 Å². The second-order valence-corrected chi connectivity index (χ2v) is 5.89. The standard InChI is InChI=1S/C19H19FO/c20-18-8-4-7-15(12-18)16-9-10-17(19(21)13-16)11-14-5-2-1-3-6-14/h1-8,12,16-17H,9-11,13H2/t16-,17+/m0/s1. The summed E-state index contributed by atoms with van der Waals surface area (Å²) in [4.78, 5) is 12.4. The maximum Gasteiger partial charge on any atom is 0.136 e. The van der Waals surface area contributed by atoms with Crippen LogP contribution in [0.4, 0.5) is 4.39 Å². The molecule has 0 unspecified atom stereocenters. The van der Waals surface area contributed by atoms with Crippen molar-refractivity contribution in [1.82, 2.24) is 0 Å². The second-order valence-electron chi connectivity index (χ2n) is 5.89. The van der Waals surface area contributed by atoms with Crippen molar-refractivity contribution in [3.8, 4) is 0 Å². The number of carbonyl (C=O) groups is 1. The maximum atomic E-state index is 13.3. The molecule has 2 aromatic rings. The molecule has 21 heavy (non-hydrogen) atoms. The summed E-state index contributed by atoms with van der Waals surface area (Å²) in [5, 5.41) is 0. The van der Waals surface area contributed by atoms with Crippen LogP contribution in [-0.2, 0) is 11.2 Å². The highest BCUT2D eigenvalue weighted by atomic mass is 19.1. The summed E-state index contributed by atoms with van der Waals surface area (Å²) < 4.78 is 13.3. The van der Waals surface area contributed by atoms with Gasteiger partial charge in [-0.05, 0) is 48.4 Å². The summed E-state index contributed by atoms with van der Waals surface area (Å²) in [7, 11) is 0. The zero-order valence-electron chi connectivity index (χ0n) is 12.0. The molecule has 1 aliphatic rings. The van der Waals surface area contributed by atoms with Gasteiger partial charge in [-0.25, -0.2) is 4.39 Å². The minimum Gasteiger partial charge on any atom is -0.299 e. The molecule has 1 nitrogen and oxygen atoms in total. The van der Waals surface area contributed by atoms with Crippen LogP contribution in [-0.4, -0.2) is 5.78 Å². The van der Waals surface area contributed by atoms with E-state index in [1.165, 1.54) is 11.6 Å². The topological polar surface area (TPSA) is 17.1 Å². The predicted molar refractivity (Wildman–Crippen MR) is 81.6 cm³/mol. The number of halogens is 1. The molecule has 1 saturated carbocycles. The molecule has 0 aromatic heterocycles. The monoisotopic (exact) mass is 282 g/mol. The fraction of sp³-hybridized carbons (Fsp3) is 0.316. The van der Waals surface area contributed by atoms with E-state index in [1.807, 2.05) is 24.3 Å². The van der Waals surface area contributed by atoms with Crippen LogP contribution in [0.2, 0.25) is 0 Å². The molecule has 0 bridgehead atoms. The zero-order chi connectivity index (χ0) is 14.7. The van der Waals surface area contributed by atoms with Crippen LogP contribution in [0.5, 0.6) is 0 Å². The highest BCUT2D eigenvalue weighted by Crippen LogP contribution is 2.35. The third kappa shape index (κ3) is 3.38. The summed E-state index contributed by atoms with van der Waals surface area (Å²) in [6, 6.07) is 16.8. The first kappa shape index (κ1) is 14.0. The van der Waals surface area contributed by atoms with E-state index in [0.29, 0.717) is 12.2 Å². The van der Waals surface area contributed by atoms with Gasteiger partial charge in [-0.2, -0.15) is 0 Å². The SMILES string of the molecule is O=C1C[C@@H](c2cccc(F)c2)CC[C@@H]1Cc1ccccc1. The zero-order valence-corrected chi connectivity index (χ0v) is 12.0. The number of carbonyl (C=O) groups excluding carboxylic acids is 1. The average molecular weight is 282 g/mol. The normalized spacial score (nSPS) is 22.2. The van der Waals surface area contributed by atoms with Gasteiger partial charge in [0, 0.05) is 12.3 Å². The molecule has 1 aliphatic carbocycles. The Bertz CT molecular complexity index is 620. The minimum absolute atomic E-state index is 0.122. The van der Waals surface area contributed by atoms with Crippen LogP contribution in [0, 0.1) is 11.7 Å². The van der Waals surface area contributed by atoms with E-state index in [1.54, 1.807) is 12.1 Å². The van der Waals surface area contributed by atoms with Crippen molar-refractivity contribution in [2.45, 2.75) is 31.6 Å². The summed E-state index contributed by atoms with van der Waals surface area (Å²) >= 11 is 0. The van der Waals surface area contributed by atoms with E-state index in [4.69, 9.17) is 0 Å². The van der Waals surface area contributed by atoms with Gasteiger partial charge in [-0.3, -0.25) is 4.79 Å². The first-order valence-corrected chi connectivity index (χ1v) is 7.54. The van der Waals surface area contributed by atoms with Gasteiger partial charge in [0.25, 0.3) is 0 Å². The number of Topliss-reactive ketones (excluding diaryl/α,β-unsaturated/α-hetero) is 1. The van der Waals surface area contributed by atoms with Crippen LogP contribution in [0.3, 0.4) is 0 Å². The quantitative estimate of drug-likeness (QED) is 0.809. The Morgan fingerprint density at radius 2 is 1.81 bits per heavy atom. The summed E-state index contributed by atoms with van der Waals surface area (Å²) in [5.41, 5.74) is 2.18. The Balaban J connectivity index is 1.66. The van der Waals surface area contributed by atoms with Crippen LogP contribution in [0.1, 0.15) is 36.3 Å². The number of rotatable bonds is 3. The second kappa shape index (κ2) is 6.21. The van der Waals surface area contributed by atoms with Gasteiger partial charge in [0.1, 0.15) is 11.6 Å². The van der Waals surface area contributed by atoms with E-state index < -0.39 is 0 Å². The Labute approximate surface area is 124 Å². The van der Waals surface area contributed by atoms with Gasteiger partial charge in [0.15, 0.2) is 0 Å². The summed E-state index contributed by atoms with van der Waals surface area (Å²) in [6.07, 6.45) is 3.23. The highest BCUT2D eigenvalue weighted by molar-refractivity contribution is 5.83. The summed E-state index contributed by atoms with van der Waals surface area (Å²) in [5.74, 6) is 0.406. The molecule has 0 heterocycles. The third-order valence-electron chi connectivity index (χ3n) is 4.41. The number of ketones is 1. The Morgan fingerprint density at radius 3 is 2.52 bits per heavy atom. The first-order valence-electron chi connectivity index (χ1n) is 7.54. The molecule has 2 aromatic carbocycles. The average Bonchev–Trinajstić information content (AvgIpc) is 2.50. The molecular weight excluding hydrogens is 263 g/mol. The molecule has 0 amide bonds. The van der Waals surface area contributed by atoms with Crippen LogP contribution in [0.15, 0.2) is 54.6 Å². The molecule has 0 saturated heterocycles. The van der Waals surface area contributed by atoms with Crippen molar-refractivity contribution < 1.29 is 9.18 Å². The lowest BCUT2D eigenvalue weighted by molar-refractivity contribution is -0.125. The fourth-order valence-corrected chi connectivity index (χ4v) is 3.23. The molecule has 0 N–H and O–H groups in total. The van der Waals surface area contributed by atoms with Gasteiger partial charge >= 0.3 is 0 Å². The highest BCUT2D eigenvalue weighted by Gasteiger charge is 2.29. The van der Waals surface area contributed by atoms with Crippen molar-refractivity contribution in [3.05, 3.63) is 71.5 Å². The van der Waals surface area contributed by atoms with Crippen molar-refractivity contribution in [2.75, 3.05) is 0 Å². The first-order chi connectivity index (χ1) is 10.2. The minimum atomic E-state index is -0.216. The molecule has 108 valence electrons. The molecule has 3 rings (SSSR count). The predicted octanol–water partition coefficient (Wildman–Crippen LogP) is 4.52. The van der Waals surface area contributed by atoms with E-state index in [9.17, 15) is 9.18 Å². The van der Waals surface area contributed by atoms with Crippen molar-refractivity contribution in [1.29, 1.82) is 0 Å². The third-order valence-corrected chi connectivity index (χ3v) is 4.41. The Kier molecular flexibility index (Phi) is 4.14. The van der Waals surface area contributed by atoms with Gasteiger partial charge in [0.2, 0.25) is 0 Å². The van der Waals surface area contributed by atoms with Crippen molar-refractivity contribution >= 4 is 5.78 Å². The van der Waals surface area contributed by atoms with Gasteiger partial charge in [0.05, 0.1) is 0 Å². The molecule has 0 radical (unpaired) electrons. The molecule has 2 heteroatoms. The molecule has 1 fully saturated rings. The number of hydrogen-bond acceptors (Lipinski definition) is 1. The fourth-order valence-electron chi connectivity index (χ4n) is 3.23. The molecule has 2 atom stereocenters. The molecule has 0 spiro atoms.